The van der Waals surface area contributed by atoms with Crippen LogP contribution in [-0.4, -0.2) is 43.3 Å². The SMILES string of the molecule is CCCCCCCCCCCCCCCCCC(=O)OCC(COP(=O)(O)OC)OC(=O)CCCCCCCCCCCCCCCCC. The second-order valence-corrected chi connectivity index (χ2v) is 15.7. The number of carbonyl (C=O) groups is 2. The zero-order valence-electron chi connectivity index (χ0n) is 32.4. The summed E-state index contributed by atoms with van der Waals surface area (Å²) in [6, 6.07) is 0. The lowest BCUT2D eigenvalue weighted by Crippen LogP contribution is -2.29. The lowest BCUT2D eigenvalue weighted by Gasteiger charge is -2.19. The first kappa shape index (κ1) is 48.0. The number of unbranched alkanes of at least 4 members (excludes halogenated alkanes) is 28. The van der Waals surface area contributed by atoms with Gasteiger partial charge in [0.05, 0.1) is 6.61 Å². The summed E-state index contributed by atoms with van der Waals surface area (Å²) in [6.07, 6.45) is 37.2. The molecule has 0 rings (SSSR count). The van der Waals surface area contributed by atoms with Gasteiger partial charge in [0.1, 0.15) is 6.61 Å². The maximum atomic E-state index is 12.5. The Hall–Kier alpha value is -0.950. The lowest BCUT2D eigenvalue weighted by molar-refractivity contribution is -0.161. The van der Waals surface area contributed by atoms with Crippen LogP contribution in [-0.2, 0) is 32.7 Å². The van der Waals surface area contributed by atoms with Gasteiger partial charge in [-0.25, -0.2) is 4.57 Å². The van der Waals surface area contributed by atoms with Gasteiger partial charge in [0.2, 0.25) is 0 Å². The number of phosphoric acid groups is 1. The van der Waals surface area contributed by atoms with Crippen molar-refractivity contribution in [1.29, 1.82) is 0 Å². The van der Waals surface area contributed by atoms with Gasteiger partial charge in [0, 0.05) is 20.0 Å². The molecule has 0 spiro atoms. The van der Waals surface area contributed by atoms with Crippen molar-refractivity contribution in [2.45, 2.75) is 225 Å². The highest BCUT2D eigenvalue weighted by molar-refractivity contribution is 7.47. The Kier molecular flexibility index (Phi) is 36.1. The lowest BCUT2D eigenvalue weighted by atomic mass is 10.0. The normalized spacial score (nSPS) is 13.3. The molecule has 2 atom stereocenters. The molecule has 0 bridgehead atoms. The van der Waals surface area contributed by atoms with Crippen LogP contribution in [0.4, 0.5) is 0 Å². The number of rotatable bonds is 39. The van der Waals surface area contributed by atoms with Gasteiger partial charge in [-0.15, -0.1) is 0 Å². The largest absolute Gasteiger partial charge is 0.472 e. The summed E-state index contributed by atoms with van der Waals surface area (Å²) in [6.45, 7) is 3.91. The molecule has 9 heteroatoms. The van der Waals surface area contributed by atoms with Crippen molar-refractivity contribution < 1.29 is 37.6 Å². The molecule has 0 aromatic carbocycles. The summed E-state index contributed by atoms with van der Waals surface area (Å²) in [5.74, 6) is -0.788. The highest BCUT2D eigenvalue weighted by atomic mass is 31.2. The summed E-state index contributed by atoms with van der Waals surface area (Å²) in [4.78, 5) is 34.4. The van der Waals surface area contributed by atoms with Gasteiger partial charge in [0.25, 0.3) is 0 Å². The van der Waals surface area contributed by atoms with E-state index in [-0.39, 0.29) is 19.0 Å². The first-order chi connectivity index (χ1) is 23.8. The van der Waals surface area contributed by atoms with Crippen LogP contribution in [0.2, 0.25) is 0 Å². The number of ether oxygens (including phenoxy) is 2. The second kappa shape index (κ2) is 36.8. The van der Waals surface area contributed by atoms with E-state index in [9.17, 15) is 19.0 Å². The molecule has 0 fully saturated rings. The van der Waals surface area contributed by atoms with E-state index in [2.05, 4.69) is 18.4 Å². The zero-order valence-corrected chi connectivity index (χ0v) is 33.3. The molecular weight excluding hydrogens is 639 g/mol. The number of phosphoric ester groups is 1. The van der Waals surface area contributed by atoms with Crippen LogP contribution >= 0.6 is 7.82 Å². The summed E-state index contributed by atoms with van der Waals surface area (Å²) in [7, 11) is -3.18. The maximum absolute atomic E-state index is 12.5. The first-order valence-electron chi connectivity index (χ1n) is 20.7. The highest BCUT2D eigenvalue weighted by Gasteiger charge is 2.24. The van der Waals surface area contributed by atoms with E-state index in [1.54, 1.807) is 0 Å². The smallest absolute Gasteiger partial charge is 0.462 e. The second-order valence-electron chi connectivity index (χ2n) is 14.1. The Morgan fingerprint density at radius 3 is 1.12 bits per heavy atom. The fourth-order valence-corrected chi connectivity index (χ4v) is 6.59. The van der Waals surface area contributed by atoms with Crippen molar-refractivity contribution in [2.75, 3.05) is 20.3 Å². The summed E-state index contributed by atoms with van der Waals surface area (Å²) >= 11 is 0. The van der Waals surface area contributed by atoms with Gasteiger partial charge < -0.3 is 14.4 Å². The molecule has 0 amide bonds. The Labute approximate surface area is 302 Å². The third-order valence-electron chi connectivity index (χ3n) is 9.35. The topological polar surface area (TPSA) is 108 Å². The fraction of sp³-hybridized carbons (Fsp3) is 0.950. The van der Waals surface area contributed by atoms with Crippen molar-refractivity contribution in [1.82, 2.24) is 0 Å². The van der Waals surface area contributed by atoms with Gasteiger partial charge in [-0.2, -0.15) is 0 Å². The van der Waals surface area contributed by atoms with Crippen LogP contribution in [0.3, 0.4) is 0 Å². The van der Waals surface area contributed by atoms with Crippen LogP contribution in [0.1, 0.15) is 219 Å². The van der Waals surface area contributed by atoms with Crippen molar-refractivity contribution in [3.8, 4) is 0 Å². The van der Waals surface area contributed by atoms with E-state index in [1.807, 2.05) is 0 Å². The Morgan fingerprint density at radius 1 is 0.490 bits per heavy atom. The van der Waals surface area contributed by atoms with E-state index in [0.717, 1.165) is 45.6 Å². The van der Waals surface area contributed by atoms with Crippen molar-refractivity contribution in [3.05, 3.63) is 0 Å². The molecule has 0 aliphatic heterocycles. The zero-order chi connectivity index (χ0) is 36.1. The predicted molar refractivity (Wildman–Crippen MR) is 203 cm³/mol. The van der Waals surface area contributed by atoms with Crippen LogP contribution in [0.25, 0.3) is 0 Å². The minimum atomic E-state index is -4.25. The van der Waals surface area contributed by atoms with Crippen LogP contribution in [0.15, 0.2) is 0 Å². The molecular formula is C40H79O8P. The fourth-order valence-electron chi connectivity index (χ4n) is 6.13. The molecule has 8 nitrogen and oxygen atoms in total. The van der Waals surface area contributed by atoms with Gasteiger partial charge in [-0.05, 0) is 12.8 Å². The summed E-state index contributed by atoms with van der Waals surface area (Å²) < 4.78 is 32.0. The average molecular weight is 719 g/mol. The molecule has 0 aromatic rings. The quantitative estimate of drug-likeness (QED) is 0.0380. The minimum absolute atomic E-state index is 0.216. The molecule has 0 aromatic heterocycles. The number of hydrogen-bond donors (Lipinski definition) is 1. The molecule has 0 saturated carbocycles. The molecule has 0 aliphatic rings. The molecule has 0 saturated heterocycles. The average Bonchev–Trinajstić information content (AvgIpc) is 3.09. The van der Waals surface area contributed by atoms with Gasteiger partial charge in [-0.3, -0.25) is 18.6 Å². The summed E-state index contributed by atoms with van der Waals surface area (Å²) in [5.41, 5.74) is 0. The standard InChI is InChI=1S/C40H79O8P/c1-4-6-8-10-12-14-16-18-20-22-24-26-28-30-32-34-39(41)46-36-38(37-47-49(43,44)45-3)48-40(42)35-33-31-29-27-25-23-21-19-17-15-13-11-9-7-5-2/h38H,4-37H2,1-3H3,(H,43,44). The third-order valence-corrected chi connectivity index (χ3v) is 10.3. The molecule has 2 unspecified atom stereocenters. The van der Waals surface area contributed by atoms with E-state index in [1.165, 1.54) is 154 Å². The predicted octanol–water partition coefficient (Wildman–Crippen LogP) is 12.7. The van der Waals surface area contributed by atoms with E-state index < -0.39 is 26.5 Å². The van der Waals surface area contributed by atoms with E-state index in [4.69, 9.17) is 14.0 Å². The van der Waals surface area contributed by atoms with E-state index >= 15 is 0 Å². The molecule has 0 aliphatic carbocycles. The van der Waals surface area contributed by atoms with Crippen molar-refractivity contribution in [3.63, 3.8) is 0 Å². The minimum Gasteiger partial charge on any atom is -0.462 e. The van der Waals surface area contributed by atoms with Crippen LogP contribution < -0.4 is 0 Å². The Bertz CT molecular complexity index is 777. The van der Waals surface area contributed by atoms with Gasteiger partial charge >= 0.3 is 19.8 Å². The number of hydrogen-bond acceptors (Lipinski definition) is 7. The molecule has 292 valence electrons. The molecule has 49 heavy (non-hydrogen) atoms. The van der Waals surface area contributed by atoms with Crippen molar-refractivity contribution >= 4 is 19.8 Å². The van der Waals surface area contributed by atoms with Crippen molar-refractivity contribution in [2.24, 2.45) is 0 Å². The molecule has 0 heterocycles. The third kappa shape index (κ3) is 36.6. The van der Waals surface area contributed by atoms with Gasteiger partial charge in [-0.1, -0.05) is 194 Å². The number of esters is 2. The Morgan fingerprint density at radius 2 is 0.796 bits per heavy atom. The van der Waals surface area contributed by atoms with Gasteiger partial charge in [0.15, 0.2) is 6.10 Å². The monoisotopic (exact) mass is 719 g/mol. The highest BCUT2D eigenvalue weighted by Crippen LogP contribution is 2.42. The summed E-state index contributed by atoms with van der Waals surface area (Å²) in [5, 5.41) is 0. The first-order valence-corrected chi connectivity index (χ1v) is 22.2. The van der Waals surface area contributed by atoms with Crippen LogP contribution in [0, 0.1) is 0 Å². The maximum Gasteiger partial charge on any atom is 0.472 e. The number of carbonyl (C=O) groups excluding carboxylic acids is 2. The molecule has 0 radical (unpaired) electrons. The Balaban J connectivity index is 3.97. The molecule has 1 N–H and O–H groups in total. The van der Waals surface area contributed by atoms with E-state index in [0.29, 0.717) is 6.42 Å². The van der Waals surface area contributed by atoms with Crippen LogP contribution in [0.5, 0.6) is 0 Å².